The van der Waals surface area contributed by atoms with E-state index in [9.17, 15) is 27.6 Å². The molecule has 2 amide bonds. The van der Waals surface area contributed by atoms with Crippen LogP contribution >= 0.6 is 11.6 Å². The highest BCUT2D eigenvalue weighted by Gasteiger charge is 2.40. The number of rotatable bonds is 5. The third-order valence-corrected chi connectivity index (χ3v) is 4.54. The molecule has 0 radical (unpaired) electrons. The van der Waals surface area contributed by atoms with Gasteiger partial charge in [-0.05, 0) is 56.3 Å². The normalized spacial score (nSPS) is 14.5. The number of anilines is 2. The number of esters is 1. The minimum atomic E-state index is -4.64. The lowest BCUT2D eigenvalue weighted by Gasteiger charge is -2.17. The molecule has 2 aromatic rings. The van der Waals surface area contributed by atoms with E-state index in [2.05, 4.69) is 5.32 Å². The number of ether oxygens (including phenoxy) is 1. The third kappa shape index (κ3) is 4.72. The first-order valence-corrected chi connectivity index (χ1v) is 9.40. The van der Waals surface area contributed by atoms with Crippen LogP contribution in [-0.2, 0) is 20.5 Å². The van der Waals surface area contributed by atoms with E-state index in [1.807, 2.05) is 0 Å². The summed E-state index contributed by atoms with van der Waals surface area (Å²) in [7, 11) is 0. The number of nitrogens with zero attached hydrogens (tertiary/aromatic N) is 1. The van der Waals surface area contributed by atoms with Gasteiger partial charge in [-0.25, -0.2) is 9.69 Å². The van der Waals surface area contributed by atoms with Gasteiger partial charge in [-0.15, -0.1) is 0 Å². The molecule has 0 spiro atoms. The van der Waals surface area contributed by atoms with Gasteiger partial charge >= 0.3 is 12.1 Å². The summed E-state index contributed by atoms with van der Waals surface area (Å²) < 4.78 is 44.0. The number of halogens is 4. The number of imide groups is 1. The van der Waals surface area contributed by atoms with Crippen molar-refractivity contribution >= 4 is 40.8 Å². The third-order valence-electron chi connectivity index (χ3n) is 4.19. The van der Waals surface area contributed by atoms with Crippen molar-refractivity contribution in [3.63, 3.8) is 0 Å². The lowest BCUT2D eigenvalue weighted by molar-refractivity contribution is -0.137. The molecular formula is C21H16ClF3N2O4. The summed E-state index contributed by atoms with van der Waals surface area (Å²) in [6, 6.07) is 9.66. The molecular weight excluding hydrogens is 437 g/mol. The highest BCUT2D eigenvalue weighted by atomic mass is 35.5. The van der Waals surface area contributed by atoms with Crippen molar-refractivity contribution in [2.45, 2.75) is 26.1 Å². The smallest absolute Gasteiger partial charge is 0.416 e. The van der Waals surface area contributed by atoms with Crippen molar-refractivity contribution in [1.82, 2.24) is 0 Å². The van der Waals surface area contributed by atoms with E-state index < -0.39 is 34.6 Å². The standard InChI is InChI=1S/C21H16ClF3N2O4/c1-11(2)31-20(30)12-6-8-14(9-7-12)26-17-16(22)18(28)27(19(17)29)15-5-3-4-13(10-15)21(23,24)25/h3-11,26H,1-2H3. The van der Waals surface area contributed by atoms with Crippen LogP contribution in [0.25, 0.3) is 0 Å². The van der Waals surface area contributed by atoms with Gasteiger partial charge in [-0.3, -0.25) is 9.59 Å². The number of hydrogen-bond donors (Lipinski definition) is 1. The van der Waals surface area contributed by atoms with Crippen molar-refractivity contribution in [2.75, 3.05) is 10.2 Å². The van der Waals surface area contributed by atoms with Crippen LogP contribution in [0.1, 0.15) is 29.8 Å². The summed E-state index contributed by atoms with van der Waals surface area (Å²) in [5.74, 6) is -2.38. The SMILES string of the molecule is CC(C)OC(=O)c1ccc(NC2=C(Cl)C(=O)N(c3cccc(C(F)(F)F)c3)C2=O)cc1. The number of carbonyl (C=O) groups is 3. The predicted octanol–water partition coefficient (Wildman–Crippen LogP) is 4.71. The summed E-state index contributed by atoms with van der Waals surface area (Å²) in [5, 5.41) is 2.22. The lowest BCUT2D eigenvalue weighted by atomic mass is 10.2. The molecule has 162 valence electrons. The minimum Gasteiger partial charge on any atom is -0.459 e. The lowest BCUT2D eigenvalue weighted by Crippen LogP contribution is -2.32. The molecule has 1 N–H and O–H groups in total. The Morgan fingerprint density at radius 3 is 2.29 bits per heavy atom. The quantitative estimate of drug-likeness (QED) is 0.525. The Morgan fingerprint density at radius 2 is 1.71 bits per heavy atom. The van der Waals surface area contributed by atoms with E-state index in [-0.39, 0.29) is 23.1 Å². The highest BCUT2D eigenvalue weighted by Crippen LogP contribution is 2.35. The molecule has 3 rings (SSSR count). The fourth-order valence-electron chi connectivity index (χ4n) is 2.78. The average Bonchev–Trinajstić information content (AvgIpc) is 2.90. The van der Waals surface area contributed by atoms with Gasteiger partial charge in [0.05, 0.1) is 22.9 Å². The molecule has 6 nitrogen and oxygen atoms in total. The maximum Gasteiger partial charge on any atom is 0.416 e. The molecule has 2 aromatic carbocycles. The van der Waals surface area contributed by atoms with E-state index in [1.54, 1.807) is 13.8 Å². The summed E-state index contributed by atoms with van der Waals surface area (Å²) in [4.78, 5) is 37.7. The van der Waals surface area contributed by atoms with Gasteiger partial charge in [-0.2, -0.15) is 13.2 Å². The van der Waals surface area contributed by atoms with Crippen molar-refractivity contribution in [2.24, 2.45) is 0 Å². The van der Waals surface area contributed by atoms with Crippen LogP contribution in [0.5, 0.6) is 0 Å². The van der Waals surface area contributed by atoms with Crippen LogP contribution in [0.3, 0.4) is 0 Å². The van der Waals surface area contributed by atoms with E-state index >= 15 is 0 Å². The second kappa shape index (κ2) is 8.43. The molecule has 0 aromatic heterocycles. The summed E-state index contributed by atoms with van der Waals surface area (Å²) in [6.07, 6.45) is -4.93. The van der Waals surface area contributed by atoms with Gasteiger partial charge in [0.1, 0.15) is 10.7 Å². The Morgan fingerprint density at radius 1 is 1.06 bits per heavy atom. The molecule has 0 aliphatic carbocycles. The van der Waals surface area contributed by atoms with Gasteiger partial charge in [0.25, 0.3) is 11.8 Å². The first-order chi connectivity index (χ1) is 14.5. The number of benzene rings is 2. The predicted molar refractivity (Wildman–Crippen MR) is 107 cm³/mol. The van der Waals surface area contributed by atoms with E-state index in [0.29, 0.717) is 16.7 Å². The Balaban J connectivity index is 1.82. The van der Waals surface area contributed by atoms with Crippen LogP contribution in [0.4, 0.5) is 24.5 Å². The highest BCUT2D eigenvalue weighted by molar-refractivity contribution is 6.53. The molecule has 0 saturated carbocycles. The van der Waals surface area contributed by atoms with Crippen molar-refractivity contribution in [1.29, 1.82) is 0 Å². The van der Waals surface area contributed by atoms with E-state index in [1.165, 1.54) is 30.3 Å². The molecule has 1 heterocycles. The second-order valence-electron chi connectivity index (χ2n) is 6.84. The minimum absolute atomic E-state index is 0.258. The molecule has 1 aliphatic rings. The average molecular weight is 453 g/mol. The Labute approximate surface area is 180 Å². The summed E-state index contributed by atoms with van der Waals surface area (Å²) in [5.41, 5.74) is -0.944. The summed E-state index contributed by atoms with van der Waals surface area (Å²) in [6.45, 7) is 3.42. The molecule has 0 atom stereocenters. The molecule has 10 heteroatoms. The monoisotopic (exact) mass is 452 g/mol. The zero-order chi connectivity index (χ0) is 22.9. The molecule has 0 unspecified atom stereocenters. The molecule has 31 heavy (non-hydrogen) atoms. The van der Waals surface area contributed by atoms with Gasteiger partial charge in [0.2, 0.25) is 0 Å². The van der Waals surface area contributed by atoms with Crippen molar-refractivity contribution < 1.29 is 32.3 Å². The zero-order valence-electron chi connectivity index (χ0n) is 16.3. The molecule has 0 fully saturated rings. The maximum absolute atomic E-state index is 13.0. The number of alkyl halides is 3. The second-order valence-corrected chi connectivity index (χ2v) is 7.22. The Hall–Kier alpha value is -3.33. The van der Waals surface area contributed by atoms with Crippen LogP contribution in [-0.4, -0.2) is 23.9 Å². The van der Waals surface area contributed by atoms with Crippen LogP contribution in [0.15, 0.2) is 59.3 Å². The number of carbonyl (C=O) groups excluding carboxylic acids is 3. The fraction of sp³-hybridized carbons (Fsp3) is 0.190. The Bertz CT molecular complexity index is 1080. The van der Waals surface area contributed by atoms with Gasteiger partial charge in [0.15, 0.2) is 0 Å². The zero-order valence-corrected chi connectivity index (χ0v) is 17.0. The topological polar surface area (TPSA) is 75.7 Å². The molecule has 0 bridgehead atoms. The first kappa shape index (κ1) is 22.4. The van der Waals surface area contributed by atoms with Gasteiger partial charge < -0.3 is 10.1 Å². The van der Waals surface area contributed by atoms with Gasteiger partial charge in [0, 0.05) is 5.69 Å². The fourth-order valence-corrected chi connectivity index (χ4v) is 3.00. The molecule has 0 saturated heterocycles. The van der Waals surface area contributed by atoms with Crippen LogP contribution < -0.4 is 10.2 Å². The molecule has 1 aliphatic heterocycles. The van der Waals surface area contributed by atoms with E-state index in [0.717, 1.165) is 12.1 Å². The van der Waals surface area contributed by atoms with Gasteiger partial charge in [-0.1, -0.05) is 17.7 Å². The summed E-state index contributed by atoms with van der Waals surface area (Å²) >= 11 is 6.00. The van der Waals surface area contributed by atoms with Crippen molar-refractivity contribution in [3.8, 4) is 0 Å². The van der Waals surface area contributed by atoms with Crippen molar-refractivity contribution in [3.05, 3.63) is 70.4 Å². The number of hydrogen-bond acceptors (Lipinski definition) is 5. The van der Waals surface area contributed by atoms with Crippen LogP contribution in [0.2, 0.25) is 0 Å². The maximum atomic E-state index is 13.0. The van der Waals surface area contributed by atoms with Crippen LogP contribution in [0, 0.1) is 0 Å². The number of amides is 2. The Kier molecular flexibility index (Phi) is 6.08. The first-order valence-electron chi connectivity index (χ1n) is 9.03. The van der Waals surface area contributed by atoms with E-state index in [4.69, 9.17) is 16.3 Å². The largest absolute Gasteiger partial charge is 0.459 e. The number of nitrogens with one attached hydrogen (secondary N) is 1.